The van der Waals surface area contributed by atoms with Crippen LogP contribution in [0, 0.1) is 5.92 Å². The average Bonchev–Trinajstić information content (AvgIpc) is 2.82. The van der Waals surface area contributed by atoms with E-state index in [9.17, 15) is 4.79 Å². The lowest BCUT2D eigenvalue weighted by Gasteiger charge is -2.30. The van der Waals surface area contributed by atoms with E-state index in [1.165, 1.54) is 44.9 Å². The van der Waals surface area contributed by atoms with Crippen LogP contribution in [0.1, 0.15) is 57.8 Å². The highest BCUT2D eigenvalue weighted by molar-refractivity contribution is 5.79. The molecule has 2 saturated carbocycles. The summed E-state index contributed by atoms with van der Waals surface area (Å²) in [4.78, 5) is 14.3. The molecular weight excluding hydrogens is 186 g/mol. The Labute approximate surface area is 93.0 Å². The van der Waals surface area contributed by atoms with Crippen molar-refractivity contribution in [2.75, 3.05) is 7.05 Å². The first-order valence-corrected chi connectivity index (χ1v) is 6.55. The Bertz CT molecular complexity index is 215. The number of rotatable bonds is 2. The van der Waals surface area contributed by atoms with Gasteiger partial charge in [-0.1, -0.05) is 32.1 Å². The zero-order chi connectivity index (χ0) is 10.7. The van der Waals surface area contributed by atoms with Crippen LogP contribution in [0.2, 0.25) is 0 Å². The van der Waals surface area contributed by atoms with Crippen LogP contribution in [0.4, 0.5) is 0 Å². The Morgan fingerprint density at radius 1 is 0.933 bits per heavy atom. The first kappa shape index (κ1) is 11.0. The minimum Gasteiger partial charge on any atom is -0.343 e. The minimum atomic E-state index is 0.351. The van der Waals surface area contributed by atoms with Crippen molar-refractivity contribution in [1.29, 1.82) is 0 Å². The molecule has 0 spiro atoms. The van der Waals surface area contributed by atoms with Crippen LogP contribution in [0.3, 0.4) is 0 Å². The van der Waals surface area contributed by atoms with E-state index >= 15 is 0 Å². The summed E-state index contributed by atoms with van der Waals surface area (Å²) in [6.45, 7) is 0. The van der Waals surface area contributed by atoms with E-state index in [1.807, 2.05) is 7.05 Å². The predicted octanol–water partition coefficient (Wildman–Crippen LogP) is 2.97. The molecule has 2 aliphatic carbocycles. The molecule has 0 N–H and O–H groups in total. The third kappa shape index (κ3) is 2.53. The SMILES string of the molecule is CN(C(=O)C1CCCCC1)C1CCCC1. The number of carbonyl (C=O) groups excluding carboxylic acids is 1. The number of carbonyl (C=O) groups is 1. The molecule has 0 unspecified atom stereocenters. The van der Waals surface area contributed by atoms with Crippen molar-refractivity contribution in [1.82, 2.24) is 4.90 Å². The molecule has 2 heteroatoms. The molecule has 0 aromatic rings. The Hall–Kier alpha value is -0.530. The highest BCUT2D eigenvalue weighted by Crippen LogP contribution is 2.28. The van der Waals surface area contributed by atoms with Gasteiger partial charge in [0.2, 0.25) is 5.91 Å². The summed E-state index contributed by atoms with van der Waals surface area (Å²) in [5.74, 6) is 0.783. The van der Waals surface area contributed by atoms with Crippen LogP contribution in [0.15, 0.2) is 0 Å². The molecule has 2 nitrogen and oxygen atoms in total. The van der Waals surface area contributed by atoms with E-state index in [2.05, 4.69) is 4.90 Å². The van der Waals surface area contributed by atoms with E-state index in [0.29, 0.717) is 17.9 Å². The van der Waals surface area contributed by atoms with Crippen molar-refractivity contribution in [2.45, 2.75) is 63.8 Å². The van der Waals surface area contributed by atoms with Crippen LogP contribution in [0.5, 0.6) is 0 Å². The van der Waals surface area contributed by atoms with Crippen LogP contribution in [0.25, 0.3) is 0 Å². The number of amides is 1. The maximum atomic E-state index is 12.2. The number of hydrogen-bond donors (Lipinski definition) is 0. The predicted molar refractivity (Wildman–Crippen MR) is 61.6 cm³/mol. The molecule has 0 aliphatic heterocycles. The molecular formula is C13H23NO. The number of hydrogen-bond acceptors (Lipinski definition) is 1. The van der Waals surface area contributed by atoms with Gasteiger partial charge in [0.1, 0.15) is 0 Å². The van der Waals surface area contributed by atoms with Crippen LogP contribution < -0.4 is 0 Å². The van der Waals surface area contributed by atoms with Gasteiger partial charge in [-0.25, -0.2) is 0 Å². The van der Waals surface area contributed by atoms with E-state index in [0.717, 1.165) is 12.8 Å². The van der Waals surface area contributed by atoms with E-state index in [-0.39, 0.29) is 0 Å². The minimum absolute atomic E-state index is 0.351. The fraction of sp³-hybridized carbons (Fsp3) is 0.923. The molecule has 0 heterocycles. The normalized spacial score (nSPS) is 24.3. The van der Waals surface area contributed by atoms with Crippen LogP contribution in [-0.2, 0) is 4.79 Å². The summed E-state index contributed by atoms with van der Waals surface area (Å²) in [7, 11) is 2.02. The summed E-state index contributed by atoms with van der Waals surface area (Å²) in [6, 6.07) is 0.555. The van der Waals surface area contributed by atoms with Gasteiger partial charge in [-0.05, 0) is 25.7 Å². The van der Waals surface area contributed by atoms with E-state index in [4.69, 9.17) is 0 Å². The molecule has 0 radical (unpaired) electrons. The Balaban J connectivity index is 1.87. The first-order chi connectivity index (χ1) is 7.29. The molecule has 0 aromatic carbocycles. The van der Waals surface area contributed by atoms with Gasteiger partial charge in [0.15, 0.2) is 0 Å². The summed E-state index contributed by atoms with van der Waals surface area (Å²) >= 11 is 0. The van der Waals surface area contributed by atoms with Gasteiger partial charge >= 0.3 is 0 Å². The van der Waals surface area contributed by atoms with Gasteiger partial charge in [-0.3, -0.25) is 4.79 Å². The van der Waals surface area contributed by atoms with Gasteiger partial charge in [-0.2, -0.15) is 0 Å². The maximum absolute atomic E-state index is 12.2. The number of nitrogens with zero attached hydrogens (tertiary/aromatic N) is 1. The van der Waals surface area contributed by atoms with Crippen LogP contribution >= 0.6 is 0 Å². The Morgan fingerprint density at radius 3 is 2.07 bits per heavy atom. The third-order valence-corrected chi connectivity index (χ3v) is 4.17. The first-order valence-electron chi connectivity index (χ1n) is 6.55. The van der Waals surface area contributed by atoms with Gasteiger partial charge in [0.25, 0.3) is 0 Å². The molecule has 2 fully saturated rings. The quantitative estimate of drug-likeness (QED) is 0.684. The Kier molecular flexibility index (Phi) is 3.66. The molecule has 0 saturated heterocycles. The average molecular weight is 209 g/mol. The second-order valence-corrected chi connectivity index (χ2v) is 5.22. The smallest absolute Gasteiger partial charge is 0.225 e. The molecule has 1 amide bonds. The summed E-state index contributed by atoms with van der Waals surface area (Å²) in [5, 5.41) is 0. The van der Waals surface area contributed by atoms with Crippen LogP contribution in [-0.4, -0.2) is 23.9 Å². The monoisotopic (exact) mass is 209 g/mol. The van der Waals surface area contributed by atoms with Gasteiger partial charge in [0.05, 0.1) is 0 Å². The highest BCUT2D eigenvalue weighted by Gasteiger charge is 2.29. The van der Waals surface area contributed by atoms with E-state index in [1.54, 1.807) is 0 Å². The van der Waals surface area contributed by atoms with Gasteiger partial charge in [-0.15, -0.1) is 0 Å². The summed E-state index contributed by atoms with van der Waals surface area (Å²) in [6.07, 6.45) is 11.2. The lowest BCUT2D eigenvalue weighted by Crippen LogP contribution is -2.39. The molecule has 15 heavy (non-hydrogen) atoms. The topological polar surface area (TPSA) is 20.3 Å². The lowest BCUT2D eigenvalue weighted by molar-refractivity contribution is -0.137. The summed E-state index contributed by atoms with van der Waals surface area (Å²) < 4.78 is 0. The van der Waals surface area contributed by atoms with E-state index < -0.39 is 0 Å². The van der Waals surface area contributed by atoms with Crippen molar-refractivity contribution in [3.05, 3.63) is 0 Å². The molecule has 0 atom stereocenters. The standard InChI is InChI=1S/C13H23NO/c1-14(12-9-5-6-10-12)13(15)11-7-3-2-4-8-11/h11-12H,2-10H2,1H3. The fourth-order valence-corrected chi connectivity index (χ4v) is 3.11. The van der Waals surface area contributed by atoms with Crippen molar-refractivity contribution in [3.8, 4) is 0 Å². The molecule has 0 aromatic heterocycles. The molecule has 86 valence electrons. The lowest BCUT2D eigenvalue weighted by atomic mass is 9.88. The van der Waals surface area contributed by atoms with Gasteiger partial charge < -0.3 is 4.90 Å². The summed E-state index contributed by atoms with van der Waals surface area (Å²) in [5.41, 5.74) is 0. The van der Waals surface area contributed by atoms with Crippen molar-refractivity contribution in [3.63, 3.8) is 0 Å². The second-order valence-electron chi connectivity index (χ2n) is 5.22. The van der Waals surface area contributed by atoms with Crippen molar-refractivity contribution >= 4 is 5.91 Å². The zero-order valence-corrected chi connectivity index (χ0v) is 9.87. The highest BCUT2D eigenvalue weighted by atomic mass is 16.2. The molecule has 2 rings (SSSR count). The molecule has 2 aliphatic rings. The van der Waals surface area contributed by atoms with Crippen molar-refractivity contribution in [2.24, 2.45) is 5.92 Å². The largest absolute Gasteiger partial charge is 0.343 e. The maximum Gasteiger partial charge on any atom is 0.225 e. The van der Waals surface area contributed by atoms with Gasteiger partial charge in [0, 0.05) is 19.0 Å². The Morgan fingerprint density at radius 2 is 1.47 bits per heavy atom. The zero-order valence-electron chi connectivity index (χ0n) is 9.87. The second kappa shape index (κ2) is 5.00. The molecule has 0 bridgehead atoms. The third-order valence-electron chi connectivity index (χ3n) is 4.17. The van der Waals surface area contributed by atoms with Crippen molar-refractivity contribution < 1.29 is 4.79 Å². The fourth-order valence-electron chi connectivity index (χ4n) is 3.11.